The van der Waals surface area contributed by atoms with Crippen LogP contribution in [0.3, 0.4) is 0 Å². The first-order valence-corrected chi connectivity index (χ1v) is 7.15. The standard InChI is InChI=1S/C16H18N2O3/c17-11-6-5-10(9-11)15(19)18-8-7-13(16(20)21)12-3-1-2-4-14(12)18/h1-6,10-11,13H,7-9,17H2,(H,20,21). The van der Waals surface area contributed by atoms with Gasteiger partial charge in [-0.1, -0.05) is 30.4 Å². The minimum atomic E-state index is -0.836. The number of anilines is 1. The second-order valence-electron chi connectivity index (χ2n) is 5.62. The lowest BCUT2D eigenvalue weighted by Gasteiger charge is -2.34. The van der Waals surface area contributed by atoms with Gasteiger partial charge in [-0.25, -0.2) is 0 Å². The molecule has 3 N–H and O–H groups in total. The number of carbonyl (C=O) groups excluding carboxylic acids is 1. The molecule has 5 heteroatoms. The molecule has 2 aliphatic rings. The number of aliphatic carboxylic acids is 1. The third-order valence-corrected chi connectivity index (χ3v) is 4.24. The van der Waals surface area contributed by atoms with Crippen LogP contribution < -0.4 is 10.6 Å². The van der Waals surface area contributed by atoms with Gasteiger partial charge in [0.25, 0.3) is 0 Å². The Kier molecular flexibility index (Phi) is 3.51. The van der Waals surface area contributed by atoms with Crippen molar-refractivity contribution in [1.82, 2.24) is 0 Å². The number of carboxylic acids is 1. The number of hydrogen-bond donors (Lipinski definition) is 2. The first-order valence-electron chi connectivity index (χ1n) is 7.15. The molecule has 21 heavy (non-hydrogen) atoms. The van der Waals surface area contributed by atoms with Crippen molar-refractivity contribution in [2.24, 2.45) is 11.7 Å². The summed E-state index contributed by atoms with van der Waals surface area (Å²) in [6, 6.07) is 7.20. The third kappa shape index (κ3) is 2.45. The first-order chi connectivity index (χ1) is 10.1. The smallest absolute Gasteiger partial charge is 0.311 e. The van der Waals surface area contributed by atoms with Gasteiger partial charge in [-0.15, -0.1) is 0 Å². The van der Waals surface area contributed by atoms with Crippen molar-refractivity contribution in [2.75, 3.05) is 11.4 Å². The number of carboxylic acid groups (broad SMARTS) is 1. The van der Waals surface area contributed by atoms with Gasteiger partial charge in [-0.05, 0) is 24.5 Å². The van der Waals surface area contributed by atoms with E-state index in [9.17, 15) is 14.7 Å². The molecule has 1 aliphatic heterocycles. The molecule has 0 saturated carbocycles. The van der Waals surface area contributed by atoms with E-state index >= 15 is 0 Å². The summed E-state index contributed by atoms with van der Waals surface area (Å²) >= 11 is 0. The normalized spacial score (nSPS) is 27.5. The molecule has 1 aliphatic carbocycles. The fraction of sp³-hybridized carbons (Fsp3) is 0.375. The van der Waals surface area contributed by atoms with Gasteiger partial charge in [0, 0.05) is 18.3 Å². The van der Waals surface area contributed by atoms with Crippen LogP contribution >= 0.6 is 0 Å². The molecule has 3 rings (SSSR count). The monoisotopic (exact) mass is 286 g/mol. The lowest BCUT2D eigenvalue weighted by Crippen LogP contribution is -2.41. The number of amides is 1. The highest BCUT2D eigenvalue weighted by Crippen LogP contribution is 2.36. The molecule has 1 aromatic rings. The zero-order valence-corrected chi connectivity index (χ0v) is 11.6. The molecule has 5 nitrogen and oxygen atoms in total. The molecular formula is C16H18N2O3. The Labute approximate surface area is 123 Å². The Morgan fingerprint density at radius 2 is 2.00 bits per heavy atom. The van der Waals surface area contributed by atoms with E-state index in [1.54, 1.807) is 11.0 Å². The summed E-state index contributed by atoms with van der Waals surface area (Å²) in [5.74, 6) is -1.56. The molecule has 110 valence electrons. The zero-order chi connectivity index (χ0) is 15.0. The van der Waals surface area contributed by atoms with Gasteiger partial charge in [0.2, 0.25) is 5.91 Å². The zero-order valence-electron chi connectivity index (χ0n) is 11.6. The van der Waals surface area contributed by atoms with Crippen molar-refractivity contribution < 1.29 is 14.7 Å². The maximum absolute atomic E-state index is 12.7. The molecule has 0 saturated heterocycles. The summed E-state index contributed by atoms with van der Waals surface area (Å²) in [5.41, 5.74) is 7.25. The van der Waals surface area contributed by atoms with Crippen LogP contribution in [0.25, 0.3) is 0 Å². The summed E-state index contributed by atoms with van der Waals surface area (Å²) in [4.78, 5) is 25.7. The average Bonchev–Trinajstić information content (AvgIpc) is 2.91. The fourth-order valence-corrected chi connectivity index (χ4v) is 3.16. The van der Waals surface area contributed by atoms with E-state index in [1.165, 1.54) is 0 Å². The van der Waals surface area contributed by atoms with Crippen LogP contribution in [-0.4, -0.2) is 29.6 Å². The van der Waals surface area contributed by atoms with Crippen molar-refractivity contribution in [1.29, 1.82) is 0 Å². The van der Waals surface area contributed by atoms with Gasteiger partial charge in [-0.3, -0.25) is 9.59 Å². The quantitative estimate of drug-likeness (QED) is 0.807. The number of carbonyl (C=O) groups is 2. The summed E-state index contributed by atoms with van der Waals surface area (Å²) in [5, 5.41) is 9.32. The summed E-state index contributed by atoms with van der Waals surface area (Å²) in [6.07, 6.45) is 4.79. The van der Waals surface area contributed by atoms with Crippen molar-refractivity contribution in [3.8, 4) is 0 Å². The fourth-order valence-electron chi connectivity index (χ4n) is 3.16. The maximum atomic E-state index is 12.7. The Bertz CT molecular complexity index is 611. The third-order valence-electron chi connectivity index (χ3n) is 4.24. The number of para-hydroxylation sites is 1. The predicted octanol–water partition coefficient (Wildman–Crippen LogP) is 1.49. The van der Waals surface area contributed by atoms with Gasteiger partial charge < -0.3 is 15.7 Å². The van der Waals surface area contributed by atoms with E-state index in [2.05, 4.69) is 0 Å². The average molecular weight is 286 g/mol. The Hall–Kier alpha value is -2.14. The van der Waals surface area contributed by atoms with Crippen LogP contribution in [-0.2, 0) is 9.59 Å². The number of fused-ring (bicyclic) bond motifs is 1. The predicted molar refractivity (Wildman–Crippen MR) is 79.0 cm³/mol. The number of nitrogens with zero attached hydrogens (tertiary/aromatic N) is 1. The van der Waals surface area contributed by atoms with Crippen LogP contribution in [0.2, 0.25) is 0 Å². The lowest BCUT2D eigenvalue weighted by molar-refractivity contribution is -0.139. The second-order valence-corrected chi connectivity index (χ2v) is 5.62. The second kappa shape index (κ2) is 5.33. The Morgan fingerprint density at radius 1 is 1.24 bits per heavy atom. The summed E-state index contributed by atoms with van der Waals surface area (Å²) < 4.78 is 0. The molecule has 0 aromatic heterocycles. The molecule has 0 fully saturated rings. The van der Waals surface area contributed by atoms with Gasteiger partial charge in [-0.2, -0.15) is 0 Å². The van der Waals surface area contributed by atoms with Crippen molar-refractivity contribution >= 4 is 17.6 Å². The van der Waals surface area contributed by atoms with Crippen LogP contribution in [0, 0.1) is 5.92 Å². The van der Waals surface area contributed by atoms with Gasteiger partial charge in [0.15, 0.2) is 0 Å². The van der Waals surface area contributed by atoms with Crippen molar-refractivity contribution in [3.05, 3.63) is 42.0 Å². The van der Waals surface area contributed by atoms with Gasteiger partial charge >= 0.3 is 5.97 Å². The first kappa shape index (κ1) is 13.8. The van der Waals surface area contributed by atoms with Gasteiger partial charge in [0.05, 0.1) is 11.8 Å². The van der Waals surface area contributed by atoms with Gasteiger partial charge in [0.1, 0.15) is 0 Å². The highest BCUT2D eigenvalue weighted by molar-refractivity contribution is 5.98. The topological polar surface area (TPSA) is 83.6 Å². The Balaban J connectivity index is 1.91. The Morgan fingerprint density at radius 3 is 2.67 bits per heavy atom. The largest absolute Gasteiger partial charge is 0.481 e. The molecule has 1 amide bonds. The molecule has 1 heterocycles. The van der Waals surface area contributed by atoms with Crippen molar-refractivity contribution in [3.63, 3.8) is 0 Å². The molecule has 0 bridgehead atoms. The van der Waals surface area contributed by atoms with E-state index in [4.69, 9.17) is 5.73 Å². The van der Waals surface area contributed by atoms with E-state index < -0.39 is 11.9 Å². The van der Waals surface area contributed by atoms with Crippen LogP contribution in [0.15, 0.2) is 36.4 Å². The van der Waals surface area contributed by atoms with Crippen LogP contribution in [0.1, 0.15) is 24.3 Å². The van der Waals surface area contributed by atoms with Crippen molar-refractivity contribution in [2.45, 2.75) is 24.8 Å². The van der Waals surface area contributed by atoms with E-state index in [0.717, 1.165) is 11.3 Å². The molecule has 3 atom stereocenters. The molecular weight excluding hydrogens is 268 g/mol. The lowest BCUT2D eigenvalue weighted by atomic mass is 9.89. The minimum Gasteiger partial charge on any atom is -0.481 e. The van der Waals surface area contributed by atoms with Crippen LogP contribution in [0.4, 0.5) is 5.69 Å². The summed E-state index contributed by atoms with van der Waals surface area (Å²) in [7, 11) is 0. The molecule has 0 radical (unpaired) electrons. The van der Waals surface area contributed by atoms with E-state index in [1.807, 2.05) is 30.4 Å². The molecule has 3 unspecified atom stereocenters. The highest BCUT2D eigenvalue weighted by Gasteiger charge is 2.35. The number of hydrogen-bond acceptors (Lipinski definition) is 3. The number of rotatable bonds is 2. The highest BCUT2D eigenvalue weighted by atomic mass is 16.4. The number of benzene rings is 1. The van der Waals surface area contributed by atoms with E-state index in [0.29, 0.717) is 19.4 Å². The summed E-state index contributed by atoms with van der Waals surface area (Å²) in [6.45, 7) is 0.437. The minimum absolute atomic E-state index is 0.00971. The SMILES string of the molecule is NC1C=CC(C(=O)N2CCC(C(=O)O)c3ccccc32)C1. The molecule has 0 spiro atoms. The number of nitrogens with two attached hydrogens (primary N) is 1. The van der Waals surface area contributed by atoms with Crippen LogP contribution in [0.5, 0.6) is 0 Å². The maximum Gasteiger partial charge on any atom is 0.311 e. The molecule has 1 aromatic carbocycles. The van der Waals surface area contributed by atoms with E-state index in [-0.39, 0.29) is 17.9 Å².